The number of hydrogen-bond donors (Lipinski definition) is 1. The first-order chi connectivity index (χ1) is 10.3. The molecule has 4 nitrogen and oxygen atoms in total. The number of para-hydroxylation sites is 1. The summed E-state index contributed by atoms with van der Waals surface area (Å²) in [6.07, 6.45) is 1.74. The molecule has 1 unspecified atom stereocenters. The summed E-state index contributed by atoms with van der Waals surface area (Å²) in [6.45, 7) is 0. The Hall–Kier alpha value is -2.11. The topological polar surface area (TPSA) is 56.7 Å². The van der Waals surface area contributed by atoms with Crippen molar-refractivity contribution < 1.29 is 0 Å². The minimum atomic E-state index is -0.120. The molecule has 106 valence electrons. The lowest BCUT2D eigenvalue weighted by molar-refractivity contribution is 0.703. The average molecular weight is 296 g/mol. The van der Waals surface area contributed by atoms with E-state index in [4.69, 9.17) is 5.73 Å². The van der Waals surface area contributed by atoms with Crippen molar-refractivity contribution in [2.75, 3.05) is 5.75 Å². The molecule has 0 aliphatic rings. The van der Waals surface area contributed by atoms with Gasteiger partial charge in [-0.1, -0.05) is 41.6 Å². The van der Waals surface area contributed by atoms with Crippen molar-refractivity contribution in [3.8, 4) is 5.69 Å². The van der Waals surface area contributed by atoms with Gasteiger partial charge in [-0.2, -0.15) is 0 Å². The normalized spacial score (nSPS) is 12.2. The zero-order chi connectivity index (χ0) is 14.5. The van der Waals surface area contributed by atoms with Crippen LogP contribution in [0.3, 0.4) is 0 Å². The largest absolute Gasteiger partial charge is 0.322 e. The minimum absolute atomic E-state index is 0.120. The van der Waals surface area contributed by atoms with Gasteiger partial charge in [0.1, 0.15) is 0 Å². The van der Waals surface area contributed by atoms with Crippen molar-refractivity contribution >= 4 is 11.8 Å². The van der Waals surface area contributed by atoms with E-state index in [9.17, 15) is 0 Å². The third kappa shape index (κ3) is 3.32. The number of hydrogen-bond acceptors (Lipinski definition) is 4. The standard InChI is InChI=1S/C16H16N4S/c17-15(12-21-14-9-5-2-6-10-14)16-11-18-19-20(16)13-7-3-1-4-8-13/h1-11,15H,12,17H2. The predicted molar refractivity (Wildman–Crippen MR) is 85.5 cm³/mol. The lowest BCUT2D eigenvalue weighted by Gasteiger charge is -2.13. The SMILES string of the molecule is NC(CSc1ccccc1)c1cnnn1-c1ccccc1. The number of aromatic nitrogens is 3. The molecule has 3 rings (SSSR count). The molecule has 1 heterocycles. The van der Waals surface area contributed by atoms with Crippen molar-refractivity contribution in [3.05, 3.63) is 72.6 Å². The van der Waals surface area contributed by atoms with Crippen LogP contribution in [0.1, 0.15) is 11.7 Å². The number of rotatable bonds is 5. The first kappa shape index (κ1) is 13.9. The van der Waals surface area contributed by atoms with E-state index in [1.807, 2.05) is 48.5 Å². The van der Waals surface area contributed by atoms with Gasteiger partial charge >= 0.3 is 0 Å². The second-order valence-corrected chi connectivity index (χ2v) is 5.73. The van der Waals surface area contributed by atoms with Crippen molar-refractivity contribution in [2.24, 2.45) is 5.73 Å². The third-order valence-corrected chi connectivity index (χ3v) is 4.26. The lowest BCUT2D eigenvalue weighted by Crippen LogP contribution is -2.17. The van der Waals surface area contributed by atoms with Crippen LogP contribution in [0.5, 0.6) is 0 Å². The zero-order valence-corrected chi connectivity index (χ0v) is 12.3. The summed E-state index contributed by atoms with van der Waals surface area (Å²) in [7, 11) is 0. The Balaban J connectivity index is 1.74. The summed E-state index contributed by atoms with van der Waals surface area (Å²) >= 11 is 1.74. The summed E-state index contributed by atoms with van der Waals surface area (Å²) in [5.74, 6) is 0.782. The van der Waals surface area contributed by atoms with Gasteiger partial charge in [0.2, 0.25) is 0 Å². The van der Waals surface area contributed by atoms with Gasteiger partial charge in [0.15, 0.2) is 0 Å². The Labute approximate surface area is 128 Å². The molecule has 2 N–H and O–H groups in total. The second-order valence-electron chi connectivity index (χ2n) is 4.64. The van der Waals surface area contributed by atoms with E-state index in [1.165, 1.54) is 4.90 Å². The van der Waals surface area contributed by atoms with Crippen LogP contribution in [0.2, 0.25) is 0 Å². The van der Waals surface area contributed by atoms with Crippen LogP contribution in [0.4, 0.5) is 0 Å². The molecule has 2 aromatic carbocycles. The Morgan fingerprint density at radius 2 is 1.67 bits per heavy atom. The molecule has 0 fully saturated rings. The lowest BCUT2D eigenvalue weighted by atomic mass is 10.2. The maximum absolute atomic E-state index is 6.30. The van der Waals surface area contributed by atoms with E-state index >= 15 is 0 Å². The summed E-state index contributed by atoms with van der Waals surface area (Å²) in [6, 6.07) is 20.1. The van der Waals surface area contributed by atoms with Gasteiger partial charge in [0.05, 0.1) is 23.6 Å². The van der Waals surface area contributed by atoms with Crippen molar-refractivity contribution in [1.29, 1.82) is 0 Å². The highest BCUT2D eigenvalue weighted by atomic mass is 32.2. The van der Waals surface area contributed by atoms with Gasteiger partial charge in [-0.15, -0.1) is 16.9 Å². The second kappa shape index (κ2) is 6.56. The Kier molecular flexibility index (Phi) is 4.33. The molecule has 0 aliphatic heterocycles. The molecule has 0 saturated heterocycles. The molecule has 0 amide bonds. The fourth-order valence-electron chi connectivity index (χ4n) is 2.05. The highest BCUT2D eigenvalue weighted by Gasteiger charge is 2.14. The molecule has 1 aromatic heterocycles. The van der Waals surface area contributed by atoms with Crippen LogP contribution in [-0.2, 0) is 0 Å². The molecule has 0 radical (unpaired) electrons. The molecule has 1 atom stereocenters. The third-order valence-electron chi connectivity index (χ3n) is 3.13. The number of nitrogens with two attached hydrogens (primary N) is 1. The van der Waals surface area contributed by atoms with Crippen LogP contribution in [0.25, 0.3) is 5.69 Å². The van der Waals surface area contributed by atoms with Gasteiger partial charge in [-0.3, -0.25) is 0 Å². The molecule has 0 aliphatic carbocycles. The number of nitrogens with zero attached hydrogens (tertiary/aromatic N) is 3. The Morgan fingerprint density at radius 1 is 1.00 bits per heavy atom. The predicted octanol–water partition coefficient (Wildman–Crippen LogP) is 3.06. The summed E-state index contributed by atoms with van der Waals surface area (Å²) in [5, 5.41) is 8.14. The van der Waals surface area contributed by atoms with Gasteiger partial charge < -0.3 is 5.73 Å². The smallest absolute Gasteiger partial charge is 0.0821 e. The van der Waals surface area contributed by atoms with Crippen molar-refractivity contribution in [1.82, 2.24) is 15.0 Å². The fraction of sp³-hybridized carbons (Fsp3) is 0.125. The van der Waals surface area contributed by atoms with Gasteiger partial charge in [0, 0.05) is 10.6 Å². The van der Waals surface area contributed by atoms with E-state index in [-0.39, 0.29) is 6.04 Å². The van der Waals surface area contributed by atoms with E-state index < -0.39 is 0 Å². The molecule has 0 bridgehead atoms. The highest BCUT2D eigenvalue weighted by molar-refractivity contribution is 7.99. The highest BCUT2D eigenvalue weighted by Crippen LogP contribution is 2.23. The summed E-state index contributed by atoms with van der Waals surface area (Å²) in [5.41, 5.74) is 8.20. The first-order valence-electron chi connectivity index (χ1n) is 6.74. The molecular formula is C16H16N4S. The van der Waals surface area contributed by atoms with Gasteiger partial charge in [0.25, 0.3) is 0 Å². The van der Waals surface area contributed by atoms with Crippen LogP contribution >= 0.6 is 11.8 Å². The zero-order valence-electron chi connectivity index (χ0n) is 11.5. The molecular weight excluding hydrogens is 280 g/mol. The number of benzene rings is 2. The van der Waals surface area contributed by atoms with E-state index in [0.717, 1.165) is 17.1 Å². The molecule has 5 heteroatoms. The average Bonchev–Trinajstić information content (AvgIpc) is 3.04. The van der Waals surface area contributed by atoms with Crippen LogP contribution in [-0.4, -0.2) is 20.7 Å². The molecule has 0 saturated carbocycles. The maximum atomic E-state index is 6.30. The van der Waals surface area contributed by atoms with Crippen LogP contribution < -0.4 is 5.73 Å². The van der Waals surface area contributed by atoms with Gasteiger partial charge in [-0.25, -0.2) is 4.68 Å². The first-order valence-corrected chi connectivity index (χ1v) is 7.72. The van der Waals surface area contributed by atoms with Crippen LogP contribution in [0.15, 0.2) is 71.8 Å². The molecule has 0 spiro atoms. The van der Waals surface area contributed by atoms with Crippen LogP contribution in [0, 0.1) is 0 Å². The van der Waals surface area contributed by atoms with E-state index in [0.29, 0.717) is 0 Å². The molecule has 21 heavy (non-hydrogen) atoms. The van der Waals surface area contributed by atoms with Crippen molar-refractivity contribution in [2.45, 2.75) is 10.9 Å². The maximum Gasteiger partial charge on any atom is 0.0821 e. The fourth-order valence-corrected chi connectivity index (χ4v) is 2.95. The molecule has 3 aromatic rings. The minimum Gasteiger partial charge on any atom is -0.322 e. The number of thioether (sulfide) groups is 1. The van der Waals surface area contributed by atoms with E-state index in [1.54, 1.807) is 22.6 Å². The monoisotopic (exact) mass is 296 g/mol. The van der Waals surface area contributed by atoms with E-state index in [2.05, 4.69) is 22.4 Å². The summed E-state index contributed by atoms with van der Waals surface area (Å²) in [4.78, 5) is 1.21. The quantitative estimate of drug-likeness (QED) is 0.735. The Bertz CT molecular complexity index is 682. The van der Waals surface area contributed by atoms with Gasteiger partial charge in [-0.05, 0) is 24.3 Å². The van der Waals surface area contributed by atoms with Crippen molar-refractivity contribution in [3.63, 3.8) is 0 Å². The summed E-state index contributed by atoms with van der Waals surface area (Å²) < 4.78 is 1.80. The Morgan fingerprint density at radius 3 is 2.38 bits per heavy atom.